The average molecular weight is 511 g/mol. The number of hydrogen-bond donors (Lipinski definition) is 2. The zero-order chi connectivity index (χ0) is 25.5. The van der Waals surface area contributed by atoms with Crippen molar-refractivity contribution < 1.29 is 24.2 Å². The molecule has 0 atom stereocenters. The van der Waals surface area contributed by atoms with Crippen LogP contribution in [0.3, 0.4) is 0 Å². The molecule has 2 heterocycles. The highest BCUT2D eigenvalue weighted by Gasteiger charge is 2.22. The molecule has 0 unspecified atom stereocenters. The summed E-state index contributed by atoms with van der Waals surface area (Å²) in [7, 11) is 0. The van der Waals surface area contributed by atoms with Gasteiger partial charge in [-0.3, -0.25) is 19.8 Å². The molecule has 2 amide bonds. The Bertz CT molecular complexity index is 1160. The normalized spacial score (nSPS) is 14.1. The van der Waals surface area contributed by atoms with Crippen molar-refractivity contribution in [1.82, 2.24) is 14.8 Å². The van der Waals surface area contributed by atoms with Crippen molar-refractivity contribution in [2.75, 3.05) is 44.6 Å². The van der Waals surface area contributed by atoms with E-state index in [2.05, 4.69) is 15.2 Å². The van der Waals surface area contributed by atoms with E-state index in [4.69, 9.17) is 14.6 Å². The van der Waals surface area contributed by atoms with Gasteiger partial charge in [0.05, 0.1) is 12.7 Å². The van der Waals surface area contributed by atoms with Gasteiger partial charge in [-0.1, -0.05) is 0 Å². The predicted octanol–water partition coefficient (Wildman–Crippen LogP) is 3.73. The Morgan fingerprint density at radius 2 is 1.75 bits per heavy atom. The summed E-state index contributed by atoms with van der Waals surface area (Å²) in [5, 5.41) is 14.2. The fourth-order valence-corrected chi connectivity index (χ4v) is 4.38. The molecule has 2 aromatic carbocycles. The Morgan fingerprint density at radius 1 is 1.03 bits per heavy atom. The van der Waals surface area contributed by atoms with Gasteiger partial charge in [-0.25, -0.2) is 4.98 Å². The number of aromatic nitrogens is 1. The van der Waals surface area contributed by atoms with Gasteiger partial charge in [0, 0.05) is 61.5 Å². The number of aliphatic hydroxyl groups is 1. The third-order valence-electron chi connectivity index (χ3n) is 5.58. The van der Waals surface area contributed by atoms with Crippen molar-refractivity contribution in [1.29, 1.82) is 0 Å². The first-order chi connectivity index (χ1) is 17.4. The second-order valence-corrected chi connectivity index (χ2v) is 9.53. The molecule has 1 saturated heterocycles. The molecule has 1 aliphatic rings. The van der Waals surface area contributed by atoms with Gasteiger partial charge in [-0.05, 0) is 50.2 Å². The molecule has 0 radical (unpaired) electrons. The zero-order valence-corrected chi connectivity index (χ0v) is 21.2. The Morgan fingerprint density at radius 3 is 2.39 bits per heavy atom. The van der Waals surface area contributed by atoms with Crippen LogP contribution < -0.4 is 14.8 Å². The van der Waals surface area contributed by atoms with Gasteiger partial charge < -0.3 is 19.5 Å². The smallest absolute Gasteiger partial charge is 0.257 e. The molecule has 3 aromatic rings. The highest BCUT2D eigenvalue weighted by Crippen LogP contribution is 2.29. The minimum Gasteiger partial charge on any atom is -0.491 e. The lowest BCUT2D eigenvalue weighted by atomic mass is 10.1. The van der Waals surface area contributed by atoms with Gasteiger partial charge in [-0.15, -0.1) is 11.3 Å². The number of nitrogens with one attached hydrogen (secondary N) is 1. The fraction of sp³-hybridized carbons (Fsp3) is 0.346. The lowest BCUT2D eigenvalue weighted by Gasteiger charge is -2.34. The number of carbonyl (C=O) groups is 2. The zero-order valence-electron chi connectivity index (χ0n) is 20.3. The number of carbonyl (C=O) groups excluding carboxylic acids is 2. The summed E-state index contributed by atoms with van der Waals surface area (Å²) in [5.74, 6) is 1.14. The fourth-order valence-electron chi connectivity index (χ4n) is 3.86. The van der Waals surface area contributed by atoms with Gasteiger partial charge in [0.15, 0.2) is 5.13 Å². The first kappa shape index (κ1) is 25.6. The van der Waals surface area contributed by atoms with Crippen LogP contribution in [0.4, 0.5) is 5.13 Å². The maximum absolute atomic E-state index is 12.9. The van der Waals surface area contributed by atoms with Crippen molar-refractivity contribution in [3.8, 4) is 17.2 Å². The van der Waals surface area contributed by atoms with Crippen LogP contribution in [0.1, 0.15) is 34.6 Å². The number of benzene rings is 2. The van der Waals surface area contributed by atoms with Gasteiger partial charge in [0.25, 0.3) is 11.8 Å². The first-order valence-electron chi connectivity index (χ1n) is 11.8. The number of nitrogens with zero attached hydrogens (tertiary/aromatic N) is 3. The second kappa shape index (κ2) is 12.0. The van der Waals surface area contributed by atoms with E-state index >= 15 is 0 Å². The Balaban J connectivity index is 1.45. The number of amides is 2. The molecule has 9 nitrogen and oxygen atoms in total. The molecule has 1 fully saturated rings. The molecule has 1 aliphatic heterocycles. The van der Waals surface area contributed by atoms with Crippen molar-refractivity contribution in [3.63, 3.8) is 0 Å². The number of hydrogen-bond acceptors (Lipinski definition) is 8. The Labute approximate surface area is 214 Å². The van der Waals surface area contributed by atoms with Crippen molar-refractivity contribution in [2.24, 2.45) is 0 Å². The summed E-state index contributed by atoms with van der Waals surface area (Å²) >= 11 is 1.33. The molecule has 1 aromatic heterocycles. The molecule has 190 valence electrons. The second-order valence-electron chi connectivity index (χ2n) is 8.63. The van der Waals surface area contributed by atoms with Crippen LogP contribution in [0.5, 0.6) is 17.2 Å². The van der Waals surface area contributed by atoms with Crippen LogP contribution in [-0.2, 0) is 0 Å². The molecule has 0 bridgehead atoms. The SMILES string of the molecule is CC(C)Oc1cc(Oc2ccc(C(=O)N3CCN(CCO)CC3)cc2)cc(C(=O)Nc2nccs2)c1. The Kier molecular flexibility index (Phi) is 8.52. The third-order valence-corrected chi connectivity index (χ3v) is 6.27. The summed E-state index contributed by atoms with van der Waals surface area (Å²) in [6.45, 7) is 7.33. The molecular formula is C26H30N4O5S. The highest BCUT2D eigenvalue weighted by atomic mass is 32.1. The number of rotatable bonds is 9. The molecule has 36 heavy (non-hydrogen) atoms. The van der Waals surface area contributed by atoms with Crippen LogP contribution in [0.2, 0.25) is 0 Å². The summed E-state index contributed by atoms with van der Waals surface area (Å²) in [6.07, 6.45) is 1.55. The predicted molar refractivity (Wildman–Crippen MR) is 138 cm³/mol. The maximum Gasteiger partial charge on any atom is 0.257 e. The first-order valence-corrected chi connectivity index (χ1v) is 12.7. The van der Waals surface area contributed by atoms with E-state index in [0.29, 0.717) is 53.1 Å². The summed E-state index contributed by atoms with van der Waals surface area (Å²) in [5.41, 5.74) is 0.962. The van der Waals surface area contributed by atoms with Gasteiger partial charge in [0.1, 0.15) is 17.2 Å². The monoisotopic (exact) mass is 510 g/mol. The van der Waals surface area contributed by atoms with Crippen LogP contribution in [0, 0.1) is 0 Å². The lowest BCUT2D eigenvalue weighted by Crippen LogP contribution is -2.49. The number of β-amino-alcohol motifs (C(OH)–C–C–N with tert-alkyl or cyclic N) is 1. The lowest BCUT2D eigenvalue weighted by molar-refractivity contribution is 0.0615. The molecule has 2 N–H and O–H groups in total. The standard InChI is InChI=1S/C26H30N4O5S/c1-18(2)34-22-15-20(24(32)28-26-27-7-14-36-26)16-23(17-22)35-21-5-3-19(4-6-21)25(33)30-10-8-29(9-11-30)12-13-31/h3-7,14-18,31H,8-13H2,1-2H3,(H,27,28,32). The number of ether oxygens (including phenoxy) is 2. The van der Waals surface area contributed by atoms with E-state index in [1.165, 1.54) is 11.3 Å². The summed E-state index contributed by atoms with van der Waals surface area (Å²) in [6, 6.07) is 12.0. The topological polar surface area (TPSA) is 104 Å². The van der Waals surface area contributed by atoms with Crippen LogP contribution in [0.15, 0.2) is 54.0 Å². The minimum absolute atomic E-state index is 0.0290. The molecule has 0 spiro atoms. The van der Waals surface area contributed by atoms with Crippen LogP contribution >= 0.6 is 11.3 Å². The van der Waals surface area contributed by atoms with Crippen molar-refractivity contribution in [3.05, 3.63) is 65.2 Å². The number of aliphatic hydroxyl groups excluding tert-OH is 1. The van der Waals surface area contributed by atoms with Gasteiger partial charge in [-0.2, -0.15) is 0 Å². The van der Waals surface area contributed by atoms with E-state index in [0.717, 1.165) is 13.1 Å². The minimum atomic E-state index is -0.316. The summed E-state index contributed by atoms with van der Waals surface area (Å²) in [4.78, 5) is 33.7. The molecule has 10 heteroatoms. The van der Waals surface area contributed by atoms with E-state index in [1.54, 1.807) is 54.0 Å². The number of thiazole rings is 1. The maximum atomic E-state index is 12.9. The molecule has 4 rings (SSSR count). The highest BCUT2D eigenvalue weighted by molar-refractivity contribution is 7.13. The van der Waals surface area contributed by atoms with Gasteiger partial charge in [0.2, 0.25) is 0 Å². The van der Waals surface area contributed by atoms with Crippen LogP contribution in [-0.4, -0.2) is 77.1 Å². The van der Waals surface area contributed by atoms with Gasteiger partial charge >= 0.3 is 0 Å². The largest absolute Gasteiger partial charge is 0.491 e. The number of anilines is 1. The molecule has 0 aliphatic carbocycles. The third kappa shape index (κ3) is 6.81. The average Bonchev–Trinajstić information content (AvgIpc) is 3.37. The number of piperazine rings is 1. The summed E-state index contributed by atoms with van der Waals surface area (Å²) < 4.78 is 11.8. The van der Waals surface area contributed by atoms with Crippen molar-refractivity contribution >= 4 is 28.3 Å². The quantitative estimate of drug-likeness (QED) is 0.452. The van der Waals surface area contributed by atoms with Crippen molar-refractivity contribution in [2.45, 2.75) is 20.0 Å². The van der Waals surface area contributed by atoms with E-state index in [9.17, 15) is 9.59 Å². The van der Waals surface area contributed by atoms with E-state index < -0.39 is 0 Å². The molecule has 0 saturated carbocycles. The van der Waals surface area contributed by atoms with E-state index in [1.807, 2.05) is 18.7 Å². The Hall–Kier alpha value is -3.47. The van der Waals surface area contributed by atoms with Crippen LogP contribution in [0.25, 0.3) is 0 Å². The molecular weight excluding hydrogens is 480 g/mol. The van der Waals surface area contributed by atoms with E-state index in [-0.39, 0.29) is 24.5 Å².